The van der Waals surface area contributed by atoms with Gasteiger partial charge in [-0.2, -0.15) is 0 Å². The van der Waals surface area contributed by atoms with E-state index in [4.69, 9.17) is 0 Å². The molecule has 2 rings (SSSR count). The van der Waals surface area contributed by atoms with Gasteiger partial charge < -0.3 is 9.88 Å². The van der Waals surface area contributed by atoms with Crippen LogP contribution in [0.4, 0.5) is 0 Å². The van der Waals surface area contributed by atoms with Crippen LogP contribution in [0.15, 0.2) is 11.5 Å². The Kier molecular flexibility index (Phi) is 4.90. The highest BCUT2D eigenvalue weighted by Crippen LogP contribution is 2.42. The molecule has 0 bridgehead atoms. The van der Waals surface area contributed by atoms with Gasteiger partial charge in [0.15, 0.2) is 5.16 Å². The Morgan fingerprint density at radius 1 is 1.53 bits per heavy atom. The van der Waals surface area contributed by atoms with Gasteiger partial charge in [0.1, 0.15) is 6.33 Å². The fourth-order valence-electron chi connectivity index (χ4n) is 2.93. The second kappa shape index (κ2) is 6.27. The summed E-state index contributed by atoms with van der Waals surface area (Å²) in [4.78, 5) is 0. The van der Waals surface area contributed by atoms with Crippen molar-refractivity contribution in [2.24, 2.45) is 12.5 Å². The van der Waals surface area contributed by atoms with Crippen LogP contribution < -0.4 is 5.32 Å². The molecule has 1 heterocycles. The van der Waals surface area contributed by atoms with E-state index >= 15 is 0 Å². The number of hydrogen-bond acceptors (Lipinski definition) is 4. The molecule has 2 unspecified atom stereocenters. The Balaban J connectivity index is 2.09. The molecule has 0 aliphatic heterocycles. The van der Waals surface area contributed by atoms with E-state index in [-0.39, 0.29) is 0 Å². The quantitative estimate of drug-likeness (QED) is 0.902. The number of rotatable bonds is 5. The Morgan fingerprint density at radius 2 is 2.32 bits per heavy atom. The second-order valence-corrected chi connectivity index (χ2v) is 7.40. The minimum absolute atomic E-state index is 0.365. The fraction of sp³-hybridized carbons (Fsp3) is 0.857. The van der Waals surface area contributed by atoms with E-state index in [1.54, 1.807) is 6.33 Å². The van der Waals surface area contributed by atoms with Crippen molar-refractivity contribution in [2.75, 3.05) is 6.54 Å². The van der Waals surface area contributed by atoms with Crippen LogP contribution in [0.5, 0.6) is 0 Å². The average Bonchev–Trinajstić information content (AvgIpc) is 2.74. The molecule has 0 spiro atoms. The summed E-state index contributed by atoms with van der Waals surface area (Å²) >= 11 is 1.89. The smallest absolute Gasteiger partial charge is 0.191 e. The SMILES string of the molecule is CCCNC1C(Sc2nncn2C)CCCC1(C)C. The molecule has 1 aliphatic carbocycles. The Labute approximate surface area is 120 Å². The molecular formula is C14H26N4S. The van der Waals surface area contributed by atoms with E-state index in [1.165, 1.54) is 25.7 Å². The van der Waals surface area contributed by atoms with E-state index in [1.807, 2.05) is 23.4 Å². The minimum atomic E-state index is 0.365. The third-order valence-corrected chi connectivity index (χ3v) is 5.46. The van der Waals surface area contributed by atoms with Crippen LogP contribution in [0.25, 0.3) is 0 Å². The van der Waals surface area contributed by atoms with Crippen molar-refractivity contribution in [3.05, 3.63) is 6.33 Å². The number of aryl methyl sites for hydroxylation is 1. The molecule has 2 atom stereocenters. The molecule has 1 aromatic rings. The van der Waals surface area contributed by atoms with Gasteiger partial charge >= 0.3 is 0 Å². The first-order chi connectivity index (χ1) is 9.04. The first kappa shape index (κ1) is 14.9. The zero-order valence-corrected chi connectivity index (χ0v) is 13.3. The van der Waals surface area contributed by atoms with Crippen LogP contribution in [0.1, 0.15) is 46.5 Å². The maximum atomic E-state index is 4.22. The molecule has 0 amide bonds. The molecule has 1 saturated carbocycles. The summed E-state index contributed by atoms with van der Waals surface area (Å²) < 4.78 is 2.02. The summed E-state index contributed by atoms with van der Waals surface area (Å²) in [6.45, 7) is 8.12. The number of aromatic nitrogens is 3. The number of thioether (sulfide) groups is 1. The lowest BCUT2D eigenvalue weighted by Gasteiger charge is -2.44. The summed E-state index contributed by atoms with van der Waals surface area (Å²) in [7, 11) is 2.02. The van der Waals surface area contributed by atoms with Gasteiger partial charge in [-0.15, -0.1) is 10.2 Å². The fourth-order valence-corrected chi connectivity index (χ4v) is 4.40. The Morgan fingerprint density at radius 3 is 2.95 bits per heavy atom. The molecule has 108 valence electrons. The standard InChI is InChI=1S/C14H26N4S/c1-5-9-15-12-11(7-6-8-14(12,2)3)19-13-17-16-10-18(13)4/h10-12,15H,5-9H2,1-4H3. The van der Waals surface area contributed by atoms with Gasteiger partial charge in [-0.1, -0.05) is 39.0 Å². The van der Waals surface area contributed by atoms with E-state index < -0.39 is 0 Å². The molecule has 19 heavy (non-hydrogen) atoms. The van der Waals surface area contributed by atoms with Gasteiger partial charge in [0.2, 0.25) is 0 Å². The van der Waals surface area contributed by atoms with Gasteiger partial charge in [0, 0.05) is 18.3 Å². The summed E-state index contributed by atoms with van der Waals surface area (Å²) in [6.07, 6.45) is 6.86. The molecule has 0 aromatic carbocycles. The third-order valence-electron chi connectivity index (χ3n) is 4.06. The van der Waals surface area contributed by atoms with Crippen molar-refractivity contribution in [3.63, 3.8) is 0 Å². The van der Waals surface area contributed by atoms with Crippen LogP contribution in [-0.4, -0.2) is 32.6 Å². The summed E-state index contributed by atoms with van der Waals surface area (Å²) in [5.41, 5.74) is 0.365. The van der Waals surface area contributed by atoms with Crippen molar-refractivity contribution in [3.8, 4) is 0 Å². The zero-order chi connectivity index (χ0) is 13.9. The van der Waals surface area contributed by atoms with Gasteiger partial charge in [-0.05, 0) is 31.2 Å². The molecule has 5 heteroatoms. The molecule has 1 N–H and O–H groups in total. The highest BCUT2D eigenvalue weighted by molar-refractivity contribution is 7.99. The highest BCUT2D eigenvalue weighted by atomic mass is 32.2. The number of nitrogens with zero attached hydrogens (tertiary/aromatic N) is 3. The van der Waals surface area contributed by atoms with Gasteiger partial charge in [0.25, 0.3) is 0 Å². The van der Waals surface area contributed by atoms with Gasteiger partial charge in [-0.25, -0.2) is 0 Å². The highest BCUT2D eigenvalue weighted by Gasteiger charge is 2.39. The van der Waals surface area contributed by atoms with Gasteiger partial charge in [0.05, 0.1) is 0 Å². The van der Waals surface area contributed by atoms with E-state index in [0.717, 1.165) is 11.7 Å². The zero-order valence-electron chi connectivity index (χ0n) is 12.5. The third kappa shape index (κ3) is 3.51. The first-order valence-electron chi connectivity index (χ1n) is 7.28. The Hall–Kier alpha value is -0.550. The number of nitrogens with one attached hydrogen (secondary N) is 1. The molecule has 1 fully saturated rings. The maximum Gasteiger partial charge on any atom is 0.191 e. The van der Waals surface area contributed by atoms with E-state index in [0.29, 0.717) is 16.7 Å². The van der Waals surface area contributed by atoms with E-state index in [9.17, 15) is 0 Å². The van der Waals surface area contributed by atoms with Crippen molar-refractivity contribution in [1.82, 2.24) is 20.1 Å². The second-order valence-electron chi connectivity index (χ2n) is 6.19. The van der Waals surface area contributed by atoms with Crippen molar-refractivity contribution < 1.29 is 0 Å². The van der Waals surface area contributed by atoms with Crippen molar-refractivity contribution >= 4 is 11.8 Å². The first-order valence-corrected chi connectivity index (χ1v) is 8.16. The maximum absolute atomic E-state index is 4.22. The number of hydrogen-bond donors (Lipinski definition) is 1. The van der Waals surface area contributed by atoms with Crippen LogP contribution >= 0.6 is 11.8 Å². The van der Waals surface area contributed by atoms with Crippen LogP contribution in [0, 0.1) is 5.41 Å². The van der Waals surface area contributed by atoms with Crippen molar-refractivity contribution in [1.29, 1.82) is 0 Å². The van der Waals surface area contributed by atoms with E-state index in [2.05, 4.69) is 36.3 Å². The van der Waals surface area contributed by atoms with Crippen LogP contribution in [0.3, 0.4) is 0 Å². The monoisotopic (exact) mass is 282 g/mol. The summed E-state index contributed by atoms with van der Waals surface area (Å²) in [6, 6.07) is 0.558. The van der Waals surface area contributed by atoms with Crippen LogP contribution in [-0.2, 0) is 7.05 Å². The molecule has 1 aromatic heterocycles. The topological polar surface area (TPSA) is 42.7 Å². The largest absolute Gasteiger partial charge is 0.312 e. The Bertz CT molecular complexity index is 402. The summed E-state index contributed by atoms with van der Waals surface area (Å²) in [5.74, 6) is 0. The molecule has 0 radical (unpaired) electrons. The van der Waals surface area contributed by atoms with Gasteiger partial charge in [-0.3, -0.25) is 0 Å². The molecule has 4 nitrogen and oxygen atoms in total. The normalized spacial score (nSPS) is 26.5. The predicted octanol–water partition coefficient (Wildman–Crippen LogP) is 2.85. The predicted molar refractivity (Wildman–Crippen MR) is 80.4 cm³/mol. The lowest BCUT2D eigenvalue weighted by molar-refractivity contribution is 0.174. The molecule has 1 aliphatic rings. The van der Waals surface area contributed by atoms with Crippen LogP contribution in [0.2, 0.25) is 0 Å². The average molecular weight is 282 g/mol. The lowest BCUT2D eigenvalue weighted by Crippen LogP contribution is -2.51. The molecular weight excluding hydrogens is 256 g/mol. The molecule has 0 saturated heterocycles. The summed E-state index contributed by atoms with van der Waals surface area (Å²) in [5, 5.41) is 13.6. The van der Waals surface area contributed by atoms with Crippen molar-refractivity contribution in [2.45, 2.75) is 62.9 Å². The minimum Gasteiger partial charge on any atom is -0.312 e. The lowest BCUT2D eigenvalue weighted by atomic mass is 9.73.